The highest BCUT2D eigenvalue weighted by Crippen LogP contribution is 2.27. The lowest BCUT2D eigenvalue weighted by Gasteiger charge is -2.06. The third kappa shape index (κ3) is 3.08. The number of hydrogen-bond acceptors (Lipinski definition) is 3. The predicted octanol–water partition coefficient (Wildman–Crippen LogP) is 4.14. The largest absolute Gasteiger partial charge is 0.437 e. The third-order valence-electron chi connectivity index (χ3n) is 2.23. The average molecular weight is 269 g/mol. The highest BCUT2D eigenvalue weighted by Gasteiger charge is 2.06. The van der Waals surface area contributed by atoms with Crippen molar-refractivity contribution in [3.63, 3.8) is 0 Å². The van der Waals surface area contributed by atoms with Crippen molar-refractivity contribution in [3.05, 3.63) is 46.3 Å². The van der Waals surface area contributed by atoms with E-state index < -0.39 is 0 Å². The van der Waals surface area contributed by atoms with Crippen LogP contribution in [0.2, 0.25) is 10.3 Å². The van der Waals surface area contributed by atoms with Crippen molar-refractivity contribution in [1.29, 1.82) is 0 Å². The molecule has 0 aliphatic rings. The molecule has 0 amide bonds. The molecular weight excluding hydrogens is 259 g/mol. The topological polar surface area (TPSA) is 35.0 Å². The number of benzene rings is 1. The van der Waals surface area contributed by atoms with Crippen LogP contribution in [0.4, 0.5) is 0 Å². The number of ether oxygens (including phenoxy) is 1. The van der Waals surface area contributed by atoms with Crippen LogP contribution < -0.4 is 4.74 Å². The quantitative estimate of drug-likeness (QED) is 0.785. The van der Waals surface area contributed by atoms with Crippen LogP contribution in [0, 0.1) is 0 Å². The molecule has 0 N–H and O–H groups in total. The average Bonchev–Trinajstić information content (AvgIpc) is 2.35. The first kappa shape index (κ1) is 12.1. The Kier molecular flexibility index (Phi) is 3.82. The van der Waals surface area contributed by atoms with E-state index in [1.54, 1.807) is 0 Å². The van der Waals surface area contributed by atoms with Crippen molar-refractivity contribution in [1.82, 2.24) is 9.97 Å². The zero-order valence-electron chi connectivity index (χ0n) is 9.15. The summed E-state index contributed by atoms with van der Waals surface area (Å²) in [5.41, 5.74) is 1.24. The fourth-order valence-corrected chi connectivity index (χ4v) is 1.56. The van der Waals surface area contributed by atoms with E-state index in [9.17, 15) is 0 Å². The van der Waals surface area contributed by atoms with Crippen LogP contribution in [-0.2, 0) is 6.42 Å². The molecule has 0 aliphatic carbocycles. The summed E-state index contributed by atoms with van der Waals surface area (Å²) in [4.78, 5) is 7.66. The van der Waals surface area contributed by atoms with Crippen LogP contribution >= 0.6 is 23.2 Å². The minimum absolute atomic E-state index is 0.106. The molecule has 5 heteroatoms. The van der Waals surface area contributed by atoms with Crippen LogP contribution in [0.1, 0.15) is 12.5 Å². The van der Waals surface area contributed by atoms with Gasteiger partial charge >= 0.3 is 0 Å². The molecule has 0 radical (unpaired) electrons. The molecule has 1 aromatic carbocycles. The van der Waals surface area contributed by atoms with Crippen molar-refractivity contribution in [2.24, 2.45) is 0 Å². The molecule has 3 nitrogen and oxygen atoms in total. The summed E-state index contributed by atoms with van der Waals surface area (Å²) >= 11 is 11.6. The van der Waals surface area contributed by atoms with Crippen LogP contribution in [-0.4, -0.2) is 9.97 Å². The molecule has 0 unspecified atom stereocenters. The Balaban J connectivity index is 2.22. The van der Waals surface area contributed by atoms with Gasteiger partial charge in [0.2, 0.25) is 11.2 Å². The van der Waals surface area contributed by atoms with Crippen LogP contribution in [0.15, 0.2) is 30.5 Å². The summed E-state index contributed by atoms with van der Waals surface area (Å²) in [6.45, 7) is 2.09. The highest BCUT2D eigenvalue weighted by molar-refractivity contribution is 6.32. The van der Waals surface area contributed by atoms with Crippen molar-refractivity contribution < 1.29 is 4.74 Å². The second-order valence-corrected chi connectivity index (χ2v) is 4.14. The second kappa shape index (κ2) is 5.34. The Morgan fingerprint density at radius 3 is 2.53 bits per heavy atom. The van der Waals surface area contributed by atoms with Crippen LogP contribution in [0.3, 0.4) is 0 Å². The maximum absolute atomic E-state index is 5.90. The summed E-state index contributed by atoms with van der Waals surface area (Å²) in [6, 6.07) is 7.72. The van der Waals surface area contributed by atoms with Gasteiger partial charge < -0.3 is 4.74 Å². The van der Waals surface area contributed by atoms with Gasteiger partial charge in [0.15, 0.2) is 0 Å². The third-order valence-corrected chi connectivity index (χ3v) is 2.67. The normalized spacial score (nSPS) is 10.3. The van der Waals surface area contributed by atoms with Gasteiger partial charge in [-0.25, -0.2) is 4.98 Å². The summed E-state index contributed by atoms with van der Waals surface area (Å²) < 4.78 is 5.52. The van der Waals surface area contributed by atoms with E-state index in [0.29, 0.717) is 10.8 Å². The highest BCUT2D eigenvalue weighted by atomic mass is 35.5. The smallest absolute Gasteiger partial charge is 0.242 e. The Morgan fingerprint density at radius 1 is 1.18 bits per heavy atom. The van der Waals surface area contributed by atoms with E-state index in [1.165, 1.54) is 11.8 Å². The summed E-state index contributed by atoms with van der Waals surface area (Å²) in [6.07, 6.45) is 2.40. The molecule has 0 saturated heterocycles. The Labute approximate surface area is 109 Å². The number of nitrogens with zero attached hydrogens (tertiary/aromatic N) is 2. The molecule has 88 valence electrons. The molecule has 0 aliphatic heterocycles. The maximum atomic E-state index is 5.90. The molecule has 17 heavy (non-hydrogen) atoms. The van der Waals surface area contributed by atoms with Gasteiger partial charge in [0.05, 0.1) is 6.20 Å². The summed E-state index contributed by atoms with van der Waals surface area (Å²) in [5.74, 6) is 0.926. The lowest BCUT2D eigenvalue weighted by atomic mass is 10.2. The fraction of sp³-hybridized carbons (Fsp3) is 0.167. The molecule has 0 saturated carbocycles. The van der Waals surface area contributed by atoms with Crippen molar-refractivity contribution in [3.8, 4) is 11.6 Å². The van der Waals surface area contributed by atoms with E-state index in [2.05, 4.69) is 16.9 Å². The molecular formula is C12H10Cl2N2O. The minimum Gasteiger partial charge on any atom is -0.437 e. The first-order valence-electron chi connectivity index (χ1n) is 5.14. The second-order valence-electron chi connectivity index (χ2n) is 3.39. The van der Waals surface area contributed by atoms with E-state index in [4.69, 9.17) is 27.9 Å². The molecule has 2 rings (SSSR count). The molecule has 0 atom stereocenters. The van der Waals surface area contributed by atoms with Crippen LogP contribution in [0.25, 0.3) is 0 Å². The molecule has 0 spiro atoms. The van der Waals surface area contributed by atoms with Gasteiger partial charge in [0.25, 0.3) is 0 Å². The molecule has 0 bridgehead atoms. The molecule has 1 aromatic heterocycles. The summed E-state index contributed by atoms with van der Waals surface area (Å²) in [5, 5.41) is 0.434. The number of hydrogen-bond donors (Lipinski definition) is 0. The Bertz CT molecular complexity index is 514. The number of aryl methyl sites for hydroxylation is 1. The van der Waals surface area contributed by atoms with Crippen LogP contribution in [0.5, 0.6) is 11.6 Å². The van der Waals surface area contributed by atoms with E-state index in [-0.39, 0.29) is 11.2 Å². The van der Waals surface area contributed by atoms with Crippen molar-refractivity contribution in [2.75, 3.05) is 0 Å². The first-order valence-corrected chi connectivity index (χ1v) is 5.89. The Hall–Kier alpha value is -1.32. The standard InChI is InChI=1S/C12H10Cl2N2O/c1-2-8-3-5-9(6-4-8)17-11-10(13)7-15-12(14)16-11/h3-7H,2H2,1H3. The van der Waals surface area contributed by atoms with E-state index >= 15 is 0 Å². The zero-order valence-corrected chi connectivity index (χ0v) is 10.7. The van der Waals surface area contributed by atoms with Gasteiger partial charge in [-0.15, -0.1) is 0 Å². The van der Waals surface area contributed by atoms with Gasteiger partial charge in [0, 0.05) is 0 Å². The van der Waals surface area contributed by atoms with Crippen molar-refractivity contribution in [2.45, 2.75) is 13.3 Å². The lowest BCUT2D eigenvalue weighted by Crippen LogP contribution is -1.91. The maximum Gasteiger partial charge on any atom is 0.242 e. The van der Waals surface area contributed by atoms with Gasteiger partial charge in [-0.05, 0) is 35.7 Å². The fourth-order valence-electron chi connectivity index (χ4n) is 1.31. The van der Waals surface area contributed by atoms with E-state index in [1.807, 2.05) is 24.3 Å². The minimum atomic E-state index is 0.106. The van der Waals surface area contributed by atoms with Crippen molar-refractivity contribution >= 4 is 23.2 Å². The van der Waals surface area contributed by atoms with Gasteiger partial charge in [-0.1, -0.05) is 30.7 Å². The van der Waals surface area contributed by atoms with Gasteiger partial charge in [0.1, 0.15) is 10.8 Å². The monoisotopic (exact) mass is 268 g/mol. The summed E-state index contributed by atoms with van der Waals surface area (Å²) in [7, 11) is 0. The number of aromatic nitrogens is 2. The lowest BCUT2D eigenvalue weighted by molar-refractivity contribution is 0.461. The molecule has 2 aromatic rings. The molecule has 0 fully saturated rings. The SMILES string of the molecule is CCc1ccc(Oc2nc(Cl)ncc2Cl)cc1. The Morgan fingerprint density at radius 2 is 1.88 bits per heavy atom. The van der Waals surface area contributed by atoms with Gasteiger partial charge in [-0.3, -0.25) is 0 Å². The predicted molar refractivity (Wildman–Crippen MR) is 67.9 cm³/mol. The van der Waals surface area contributed by atoms with Gasteiger partial charge in [-0.2, -0.15) is 4.98 Å². The zero-order chi connectivity index (χ0) is 12.3. The van der Waals surface area contributed by atoms with E-state index in [0.717, 1.165) is 6.42 Å². The molecule has 1 heterocycles. The number of rotatable bonds is 3. The first-order chi connectivity index (χ1) is 8.19. The number of halogens is 2.